The minimum absolute atomic E-state index is 0.285. The first-order valence-electron chi connectivity index (χ1n) is 4.64. The highest BCUT2D eigenvalue weighted by molar-refractivity contribution is 5.99. The number of nitrogen functional groups attached to an aromatic ring is 2. The number of carbonyl (C=O) groups excluding carboxylic acids is 1. The average molecular weight is 211 g/mol. The van der Waals surface area contributed by atoms with E-state index >= 15 is 0 Å². The van der Waals surface area contributed by atoms with Crippen LogP contribution in [0.25, 0.3) is 0 Å². The van der Waals surface area contributed by atoms with E-state index in [9.17, 15) is 4.79 Å². The molecule has 15 heavy (non-hydrogen) atoms. The molecule has 0 spiro atoms. The molecule has 5 nitrogen and oxygen atoms in total. The number of ether oxygens (including phenoxy) is 1. The SMILES string of the molecule is CC.COc1cccc(C(=O)NN)c1N. The van der Waals surface area contributed by atoms with Crippen LogP contribution in [0.1, 0.15) is 24.2 Å². The average Bonchev–Trinajstić information content (AvgIpc) is 2.31. The highest BCUT2D eigenvalue weighted by Gasteiger charge is 2.10. The van der Waals surface area contributed by atoms with Gasteiger partial charge in [0.15, 0.2) is 0 Å². The third-order valence-corrected chi connectivity index (χ3v) is 1.66. The quantitative estimate of drug-likeness (QED) is 0.293. The third-order valence-electron chi connectivity index (χ3n) is 1.66. The minimum Gasteiger partial charge on any atom is -0.495 e. The molecular formula is C10H17N3O2. The fraction of sp³-hybridized carbons (Fsp3) is 0.300. The Balaban J connectivity index is 0.000000921. The molecule has 0 heterocycles. The van der Waals surface area contributed by atoms with Gasteiger partial charge in [-0.25, -0.2) is 5.84 Å². The molecule has 1 rings (SSSR count). The van der Waals surface area contributed by atoms with Gasteiger partial charge in [-0.15, -0.1) is 0 Å². The van der Waals surface area contributed by atoms with Crippen LogP contribution in [0, 0.1) is 0 Å². The summed E-state index contributed by atoms with van der Waals surface area (Å²) in [5, 5.41) is 0. The number of carbonyl (C=O) groups is 1. The molecule has 0 atom stereocenters. The molecule has 0 unspecified atom stereocenters. The summed E-state index contributed by atoms with van der Waals surface area (Å²) in [5.74, 6) is 4.99. The van der Waals surface area contributed by atoms with Gasteiger partial charge in [-0.1, -0.05) is 19.9 Å². The number of methoxy groups -OCH3 is 1. The predicted octanol–water partition coefficient (Wildman–Crippen LogP) is 0.907. The molecule has 0 aliphatic rings. The number of hydrogen-bond acceptors (Lipinski definition) is 4. The number of para-hydroxylation sites is 1. The van der Waals surface area contributed by atoms with Gasteiger partial charge >= 0.3 is 0 Å². The number of amides is 1. The molecule has 5 heteroatoms. The van der Waals surface area contributed by atoms with Gasteiger partial charge in [0.2, 0.25) is 0 Å². The summed E-state index contributed by atoms with van der Waals surface area (Å²) in [6, 6.07) is 4.91. The Hall–Kier alpha value is -1.75. The zero-order chi connectivity index (χ0) is 11.8. The molecule has 1 amide bonds. The molecule has 1 aromatic carbocycles. The van der Waals surface area contributed by atoms with E-state index < -0.39 is 5.91 Å². The number of rotatable bonds is 2. The fourth-order valence-electron chi connectivity index (χ4n) is 0.998. The number of hydrogen-bond donors (Lipinski definition) is 3. The van der Waals surface area contributed by atoms with Gasteiger partial charge in [-0.3, -0.25) is 10.2 Å². The molecule has 0 saturated heterocycles. The maximum absolute atomic E-state index is 11.1. The summed E-state index contributed by atoms with van der Waals surface area (Å²) in [6.45, 7) is 4.00. The molecule has 0 aliphatic heterocycles. The number of anilines is 1. The molecule has 0 saturated carbocycles. The van der Waals surface area contributed by atoms with Crippen LogP contribution in [-0.4, -0.2) is 13.0 Å². The number of hydrazine groups is 1. The lowest BCUT2D eigenvalue weighted by atomic mass is 10.1. The minimum atomic E-state index is -0.434. The second-order valence-corrected chi connectivity index (χ2v) is 2.39. The summed E-state index contributed by atoms with van der Waals surface area (Å²) in [4.78, 5) is 11.1. The highest BCUT2D eigenvalue weighted by Crippen LogP contribution is 2.24. The Morgan fingerprint density at radius 1 is 1.40 bits per heavy atom. The van der Waals surface area contributed by atoms with E-state index in [4.69, 9.17) is 16.3 Å². The van der Waals surface area contributed by atoms with Crippen molar-refractivity contribution in [3.63, 3.8) is 0 Å². The van der Waals surface area contributed by atoms with Gasteiger partial charge in [-0.05, 0) is 12.1 Å². The first-order chi connectivity index (χ1) is 7.20. The van der Waals surface area contributed by atoms with Gasteiger partial charge in [0.25, 0.3) is 5.91 Å². The molecule has 0 fully saturated rings. The van der Waals surface area contributed by atoms with E-state index in [0.717, 1.165) is 0 Å². The van der Waals surface area contributed by atoms with Crippen molar-refractivity contribution in [2.24, 2.45) is 5.84 Å². The monoisotopic (exact) mass is 211 g/mol. The van der Waals surface area contributed by atoms with Crippen molar-refractivity contribution in [3.8, 4) is 5.75 Å². The molecule has 0 bridgehead atoms. The first kappa shape index (κ1) is 13.2. The maximum Gasteiger partial charge on any atom is 0.267 e. The topological polar surface area (TPSA) is 90.4 Å². The van der Waals surface area contributed by atoms with Gasteiger partial charge in [-0.2, -0.15) is 0 Å². The normalized spacial score (nSPS) is 8.53. The van der Waals surface area contributed by atoms with Gasteiger partial charge < -0.3 is 10.5 Å². The van der Waals surface area contributed by atoms with Crippen LogP contribution in [0.3, 0.4) is 0 Å². The maximum atomic E-state index is 11.1. The molecule has 0 radical (unpaired) electrons. The van der Waals surface area contributed by atoms with E-state index in [0.29, 0.717) is 11.3 Å². The lowest BCUT2D eigenvalue weighted by molar-refractivity contribution is 0.0954. The fourth-order valence-corrected chi connectivity index (χ4v) is 0.998. The van der Waals surface area contributed by atoms with Crippen molar-refractivity contribution in [2.45, 2.75) is 13.8 Å². The van der Waals surface area contributed by atoms with Crippen molar-refractivity contribution in [2.75, 3.05) is 12.8 Å². The summed E-state index contributed by atoms with van der Waals surface area (Å²) in [6.07, 6.45) is 0. The summed E-state index contributed by atoms with van der Waals surface area (Å²) < 4.78 is 4.93. The molecule has 84 valence electrons. The number of benzene rings is 1. The Morgan fingerprint density at radius 3 is 2.47 bits per heavy atom. The van der Waals surface area contributed by atoms with Gasteiger partial charge in [0.05, 0.1) is 18.4 Å². The van der Waals surface area contributed by atoms with Crippen LogP contribution >= 0.6 is 0 Å². The lowest BCUT2D eigenvalue weighted by Gasteiger charge is -2.07. The van der Waals surface area contributed by atoms with Gasteiger partial charge in [0.1, 0.15) is 5.75 Å². The molecule has 5 N–H and O–H groups in total. The van der Waals surface area contributed by atoms with Crippen molar-refractivity contribution >= 4 is 11.6 Å². The van der Waals surface area contributed by atoms with E-state index in [1.165, 1.54) is 7.11 Å². The van der Waals surface area contributed by atoms with Crippen LogP contribution in [0.4, 0.5) is 5.69 Å². The third kappa shape index (κ3) is 3.14. The molecule has 0 aromatic heterocycles. The van der Waals surface area contributed by atoms with Crippen LogP contribution in [-0.2, 0) is 0 Å². The smallest absolute Gasteiger partial charge is 0.267 e. The summed E-state index contributed by atoms with van der Waals surface area (Å²) >= 11 is 0. The Labute approximate surface area is 89.4 Å². The Bertz CT molecular complexity index is 326. The van der Waals surface area contributed by atoms with Crippen LogP contribution in [0.15, 0.2) is 18.2 Å². The summed E-state index contributed by atoms with van der Waals surface area (Å²) in [7, 11) is 1.48. The van der Waals surface area contributed by atoms with Crippen LogP contribution in [0.5, 0.6) is 5.75 Å². The standard InChI is InChI=1S/C8H11N3O2.C2H6/c1-13-6-4-2-3-5(7(6)9)8(12)11-10;1-2/h2-4H,9-10H2,1H3,(H,11,12);1-2H3. The predicted molar refractivity (Wildman–Crippen MR) is 60.4 cm³/mol. The zero-order valence-electron chi connectivity index (χ0n) is 9.20. The lowest BCUT2D eigenvalue weighted by Crippen LogP contribution is -2.30. The summed E-state index contributed by atoms with van der Waals surface area (Å²) in [5.41, 5.74) is 8.22. The second-order valence-electron chi connectivity index (χ2n) is 2.39. The van der Waals surface area contributed by atoms with E-state index in [2.05, 4.69) is 0 Å². The van der Waals surface area contributed by atoms with Crippen molar-refractivity contribution in [1.82, 2.24) is 5.43 Å². The number of nitrogens with two attached hydrogens (primary N) is 2. The van der Waals surface area contributed by atoms with Gasteiger partial charge in [0, 0.05) is 0 Å². The molecule has 1 aromatic rings. The Kier molecular flexibility index (Phi) is 5.89. The molecule has 0 aliphatic carbocycles. The Morgan fingerprint density at radius 2 is 2.00 bits per heavy atom. The van der Waals surface area contributed by atoms with Crippen LogP contribution < -0.4 is 21.7 Å². The molecular weight excluding hydrogens is 194 g/mol. The highest BCUT2D eigenvalue weighted by atomic mass is 16.5. The van der Waals surface area contributed by atoms with E-state index in [1.54, 1.807) is 18.2 Å². The first-order valence-corrected chi connectivity index (χ1v) is 4.64. The van der Waals surface area contributed by atoms with E-state index in [1.807, 2.05) is 19.3 Å². The van der Waals surface area contributed by atoms with Crippen molar-refractivity contribution < 1.29 is 9.53 Å². The second kappa shape index (κ2) is 6.67. The van der Waals surface area contributed by atoms with Crippen molar-refractivity contribution in [1.29, 1.82) is 0 Å². The zero-order valence-corrected chi connectivity index (χ0v) is 9.20. The largest absolute Gasteiger partial charge is 0.495 e. The van der Waals surface area contributed by atoms with Crippen LogP contribution in [0.2, 0.25) is 0 Å². The van der Waals surface area contributed by atoms with E-state index in [-0.39, 0.29) is 5.69 Å². The van der Waals surface area contributed by atoms with Crippen molar-refractivity contribution in [3.05, 3.63) is 23.8 Å². The number of nitrogens with one attached hydrogen (secondary N) is 1.